The number of hydrogen-bond donors (Lipinski definition) is 0. The van der Waals surface area contributed by atoms with Gasteiger partial charge in [0.05, 0.1) is 0 Å². The van der Waals surface area contributed by atoms with Gasteiger partial charge in [-0.3, -0.25) is 0 Å². The van der Waals surface area contributed by atoms with Crippen LogP contribution in [0.5, 0.6) is 0 Å². The number of rotatable bonds is 1. The molecular weight excluding hydrogens is 119 g/mol. The van der Waals surface area contributed by atoms with Gasteiger partial charge in [0.2, 0.25) is 0 Å². The molecule has 32 valence electrons. The van der Waals surface area contributed by atoms with Crippen LogP contribution in [0.3, 0.4) is 0 Å². The Balaban J connectivity index is 0. The zero-order chi connectivity index (χ0) is 4.28. The topological polar surface area (TPSA) is 0 Å². The summed E-state index contributed by atoms with van der Waals surface area (Å²) in [6.45, 7) is 4.01. The zero-order valence-electron chi connectivity index (χ0n) is 3.62. The summed E-state index contributed by atoms with van der Waals surface area (Å²) in [5, 5.41) is 0. The van der Waals surface area contributed by atoms with Gasteiger partial charge in [-0.25, -0.2) is 0 Å². The summed E-state index contributed by atoms with van der Waals surface area (Å²) in [5.41, 5.74) is 0. The molecule has 2 heteroatoms. The minimum absolute atomic E-state index is 0. The molecule has 0 aliphatic carbocycles. The van der Waals surface area contributed by atoms with Crippen LogP contribution in [0.1, 0.15) is 20.3 Å². The fraction of sp³-hybridized carbons (Fsp3) is 0.750. The molecule has 0 aliphatic rings. The van der Waals surface area contributed by atoms with Crippen LogP contribution < -0.4 is 0 Å². The van der Waals surface area contributed by atoms with Crippen LogP contribution in [-0.2, 0) is 0 Å². The normalized spacial score (nSPS) is 6.33. The van der Waals surface area contributed by atoms with E-state index < -0.39 is 0 Å². The summed E-state index contributed by atoms with van der Waals surface area (Å²) in [6.07, 6.45) is 1.04. The average molecular weight is 128 g/mol. The summed E-state index contributed by atoms with van der Waals surface area (Å²) in [6, 6.07) is 0. The van der Waals surface area contributed by atoms with Crippen molar-refractivity contribution in [2.45, 2.75) is 20.3 Å². The van der Waals surface area contributed by atoms with Gasteiger partial charge in [-0.15, -0.1) is 0 Å². The quantitative estimate of drug-likeness (QED) is 0.377. The van der Waals surface area contributed by atoms with E-state index in [1.54, 1.807) is 0 Å². The van der Waals surface area contributed by atoms with E-state index in [1.165, 1.54) is 0 Å². The fourth-order valence-electron chi connectivity index (χ4n) is 0. The molecule has 0 bridgehead atoms. The van der Waals surface area contributed by atoms with Crippen LogP contribution in [0, 0.1) is 0 Å². The zero-order valence-corrected chi connectivity index (χ0v) is 4.43. The molecule has 0 rings (SSSR count). The molecular formula is C4H9KS. The van der Waals surface area contributed by atoms with Crippen molar-refractivity contribution < 1.29 is 0 Å². The summed E-state index contributed by atoms with van der Waals surface area (Å²) in [7, 11) is 0. The van der Waals surface area contributed by atoms with E-state index >= 15 is 0 Å². The Morgan fingerprint density at radius 3 is 1.83 bits per heavy atom. The molecule has 0 fully saturated rings. The second-order valence-corrected chi connectivity index (χ2v) is 1.75. The first-order valence-corrected chi connectivity index (χ1v) is 2.17. The standard InChI is InChI=1S/C4H8S.K.H/c1-3-4(2)5;;/h3H2,1-2H3;;. The molecule has 0 N–H and O–H groups in total. The van der Waals surface area contributed by atoms with E-state index in [1.807, 2.05) is 6.92 Å². The van der Waals surface area contributed by atoms with E-state index in [9.17, 15) is 0 Å². The summed E-state index contributed by atoms with van der Waals surface area (Å²) >= 11 is 4.70. The van der Waals surface area contributed by atoms with Crippen molar-refractivity contribution in [3.63, 3.8) is 0 Å². The predicted octanol–water partition coefficient (Wildman–Crippen LogP) is 1.14. The maximum atomic E-state index is 4.70. The van der Waals surface area contributed by atoms with Crippen LogP contribution in [0.2, 0.25) is 0 Å². The summed E-state index contributed by atoms with van der Waals surface area (Å²) in [4.78, 5) is 1.09. The van der Waals surface area contributed by atoms with Crippen LogP contribution in [0.4, 0.5) is 0 Å². The molecule has 0 amide bonds. The number of hydrogen-bond acceptors (Lipinski definition) is 1. The molecule has 0 aromatic heterocycles. The predicted molar refractivity (Wildman–Crippen MR) is 35.7 cm³/mol. The summed E-state index contributed by atoms with van der Waals surface area (Å²) < 4.78 is 0. The third kappa shape index (κ3) is 9.21. The first kappa shape index (κ1) is 10.7. The molecule has 0 unspecified atom stereocenters. The van der Waals surface area contributed by atoms with Gasteiger partial charge in [-0.2, -0.15) is 0 Å². The van der Waals surface area contributed by atoms with Crippen molar-refractivity contribution in [3.05, 3.63) is 0 Å². The van der Waals surface area contributed by atoms with Crippen molar-refractivity contribution in [1.29, 1.82) is 0 Å². The molecule has 0 atom stereocenters. The third-order valence-corrected chi connectivity index (χ3v) is 0.787. The van der Waals surface area contributed by atoms with Crippen LogP contribution in [0.15, 0.2) is 0 Å². The van der Waals surface area contributed by atoms with Gasteiger partial charge in [0.15, 0.2) is 0 Å². The Labute approximate surface area is 87.1 Å². The van der Waals surface area contributed by atoms with Gasteiger partial charge in [0.1, 0.15) is 0 Å². The Morgan fingerprint density at radius 2 is 1.83 bits per heavy atom. The molecule has 0 heterocycles. The van der Waals surface area contributed by atoms with Crippen LogP contribution in [-0.4, -0.2) is 56.2 Å². The minimum atomic E-state index is 0. The Kier molecular flexibility index (Phi) is 12.0. The van der Waals surface area contributed by atoms with E-state index in [4.69, 9.17) is 12.2 Å². The maximum absolute atomic E-state index is 4.70. The van der Waals surface area contributed by atoms with E-state index in [-0.39, 0.29) is 51.4 Å². The van der Waals surface area contributed by atoms with E-state index in [0.29, 0.717) is 0 Å². The van der Waals surface area contributed by atoms with Crippen LogP contribution in [0.25, 0.3) is 0 Å². The first-order valence-electron chi connectivity index (χ1n) is 1.76. The Hall–Kier alpha value is 1.73. The monoisotopic (exact) mass is 128 g/mol. The third-order valence-electron chi connectivity index (χ3n) is 0.498. The van der Waals surface area contributed by atoms with Crippen molar-refractivity contribution in [2.75, 3.05) is 0 Å². The molecule has 0 saturated carbocycles. The first-order chi connectivity index (χ1) is 2.27. The van der Waals surface area contributed by atoms with Gasteiger partial charge >= 0.3 is 51.4 Å². The van der Waals surface area contributed by atoms with Gasteiger partial charge in [-0.1, -0.05) is 19.1 Å². The van der Waals surface area contributed by atoms with Gasteiger partial charge in [-0.05, 0) is 18.2 Å². The average Bonchev–Trinajstić information content (AvgIpc) is 1.38. The van der Waals surface area contributed by atoms with Crippen molar-refractivity contribution in [3.8, 4) is 0 Å². The van der Waals surface area contributed by atoms with Crippen molar-refractivity contribution in [2.24, 2.45) is 0 Å². The van der Waals surface area contributed by atoms with Gasteiger partial charge in [0.25, 0.3) is 0 Å². The Bertz CT molecular complexity index is 42.8. The molecule has 0 aromatic carbocycles. The SMILES string of the molecule is CCC(C)=S.[KH]. The fourth-order valence-corrected chi connectivity index (χ4v) is 0. The molecule has 0 aromatic rings. The van der Waals surface area contributed by atoms with E-state index in [2.05, 4.69) is 6.92 Å². The second-order valence-electron chi connectivity index (χ2n) is 1.06. The van der Waals surface area contributed by atoms with Crippen molar-refractivity contribution in [1.82, 2.24) is 0 Å². The molecule has 0 radical (unpaired) electrons. The molecule has 0 saturated heterocycles. The molecule has 0 spiro atoms. The second kappa shape index (κ2) is 6.73. The molecule has 0 aliphatic heterocycles. The van der Waals surface area contributed by atoms with E-state index in [0.717, 1.165) is 11.3 Å². The van der Waals surface area contributed by atoms with Gasteiger partial charge in [0, 0.05) is 0 Å². The summed E-state index contributed by atoms with van der Waals surface area (Å²) in [5.74, 6) is 0. The molecule has 0 nitrogen and oxygen atoms in total. The molecule has 6 heavy (non-hydrogen) atoms. The Morgan fingerprint density at radius 1 is 1.67 bits per heavy atom. The number of thiocarbonyl (C=S) groups is 1. The van der Waals surface area contributed by atoms with Crippen molar-refractivity contribution >= 4 is 68.5 Å². The van der Waals surface area contributed by atoms with Gasteiger partial charge < -0.3 is 0 Å². The van der Waals surface area contributed by atoms with Crippen LogP contribution >= 0.6 is 12.2 Å².